The molecule has 4 aromatic rings. The Morgan fingerprint density at radius 3 is 2.81 bits per heavy atom. The molecule has 164 valence electrons. The van der Waals surface area contributed by atoms with Gasteiger partial charge in [-0.1, -0.05) is 17.7 Å². The van der Waals surface area contributed by atoms with Crippen molar-refractivity contribution >= 4 is 11.6 Å². The molecular formula is C22H18ClF3N6. The SMILES string of the molecule is FC(F)(F)c1n[nH]nc1-c1ccnc(-c2cn(C[C@H]3CCCc4ccc(Cl)cc43)cn2)c1. The van der Waals surface area contributed by atoms with E-state index in [1.165, 1.54) is 29.5 Å². The second-order valence-electron chi connectivity index (χ2n) is 7.84. The molecule has 6 nitrogen and oxygen atoms in total. The number of imidazole rings is 1. The van der Waals surface area contributed by atoms with Crippen LogP contribution in [0.25, 0.3) is 22.6 Å². The quantitative estimate of drug-likeness (QED) is 0.437. The van der Waals surface area contributed by atoms with Crippen molar-refractivity contribution in [2.45, 2.75) is 37.9 Å². The molecule has 0 bridgehead atoms. The summed E-state index contributed by atoms with van der Waals surface area (Å²) in [5.74, 6) is 0.322. The lowest BCUT2D eigenvalue weighted by molar-refractivity contribution is -0.140. The number of hydrogen-bond acceptors (Lipinski definition) is 4. The van der Waals surface area contributed by atoms with Gasteiger partial charge in [0.1, 0.15) is 11.4 Å². The van der Waals surface area contributed by atoms with Crippen LogP contribution in [-0.2, 0) is 19.1 Å². The number of benzene rings is 1. The van der Waals surface area contributed by atoms with Crippen LogP contribution in [0.1, 0.15) is 35.6 Å². The summed E-state index contributed by atoms with van der Waals surface area (Å²) in [6.07, 6.45) is 3.64. The maximum absolute atomic E-state index is 13.2. The molecule has 0 radical (unpaired) electrons. The second-order valence-corrected chi connectivity index (χ2v) is 8.27. The number of aryl methyl sites for hydroxylation is 1. The molecule has 1 aliphatic rings. The van der Waals surface area contributed by atoms with Gasteiger partial charge in [-0.25, -0.2) is 4.98 Å². The van der Waals surface area contributed by atoms with Crippen LogP contribution in [0.15, 0.2) is 49.1 Å². The minimum atomic E-state index is -4.60. The average Bonchev–Trinajstić information content (AvgIpc) is 3.44. The standard InChI is InChI=1S/C22H18ClF3N6/c23-16-5-4-13-2-1-3-15(17(13)9-16)10-32-11-19(28-12-32)18-8-14(6-7-27-18)20-21(22(24,25)26)30-31-29-20/h4-9,11-12,15H,1-3,10H2,(H,29,30,31)/t15-/m1/s1. The summed E-state index contributed by atoms with van der Waals surface area (Å²) in [6.45, 7) is 0.738. The monoisotopic (exact) mass is 458 g/mol. The van der Waals surface area contributed by atoms with E-state index in [1.54, 1.807) is 6.33 Å². The Morgan fingerprint density at radius 2 is 1.97 bits per heavy atom. The average molecular weight is 459 g/mol. The van der Waals surface area contributed by atoms with Crippen molar-refractivity contribution in [1.82, 2.24) is 29.9 Å². The van der Waals surface area contributed by atoms with Gasteiger partial charge in [0.25, 0.3) is 0 Å². The van der Waals surface area contributed by atoms with Crippen LogP contribution in [-0.4, -0.2) is 29.9 Å². The zero-order valence-electron chi connectivity index (χ0n) is 16.8. The minimum Gasteiger partial charge on any atom is -0.336 e. The van der Waals surface area contributed by atoms with Crippen molar-refractivity contribution in [3.63, 3.8) is 0 Å². The van der Waals surface area contributed by atoms with Gasteiger partial charge in [-0.05, 0) is 54.7 Å². The van der Waals surface area contributed by atoms with Gasteiger partial charge in [-0.15, -0.1) is 0 Å². The highest BCUT2D eigenvalue weighted by atomic mass is 35.5. The first-order valence-corrected chi connectivity index (χ1v) is 10.5. The third-order valence-corrected chi connectivity index (χ3v) is 5.96. The van der Waals surface area contributed by atoms with Gasteiger partial charge >= 0.3 is 6.18 Å². The summed E-state index contributed by atoms with van der Waals surface area (Å²) < 4.78 is 41.5. The smallest absolute Gasteiger partial charge is 0.336 e. The van der Waals surface area contributed by atoms with Gasteiger partial charge < -0.3 is 4.57 Å². The van der Waals surface area contributed by atoms with E-state index in [0.29, 0.717) is 17.3 Å². The fraction of sp³-hybridized carbons (Fsp3) is 0.273. The lowest BCUT2D eigenvalue weighted by Crippen LogP contribution is -2.14. The van der Waals surface area contributed by atoms with Gasteiger partial charge in [-0.2, -0.15) is 28.6 Å². The Labute approximate surface area is 186 Å². The number of nitrogens with one attached hydrogen (secondary N) is 1. The number of hydrogen-bond donors (Lipinski definition) is 1. The van der Waals surface area contributed by atoms with Crippen LogP contribution in [0.5, 0.6) is 0 Å². The van der Waals surface area contributed by atoms with Gasteiger partial charge in [-0.3, -0.25) is 4.98 Å². The van der Waals surface area contributed by atoms with Gasteiger partial charge in [0, 0.05) is 35.4 Å². The van der Waals surface area contributed by atoms with E-state index >= 15 is 0 Å². The van der Waals surface area contributed by atoms with Crippen molar-refractivity contribution in [3.8, 4) is 22.6 Å². The fourth-order valence-electron chi connectivity index (χ4n) is 4.25. The van der Waals surface area contributed by atoms with E-state index in [0.717, 1.165) is 30.8 Å². The highest BCUT2D eigenvalue weighted by Gasteiger charge is 2.38. The summed E-state index contributed by atoms with van der Waals surface area (Å²) in [6, 6.07) is 9.07. The van der Waals surface area contributed by atoms with Gasteiger partial charge in [0.2, 0.25) is 0 Å². The highest BCUT2D eigenvalue weighted by Crippen LogP contribution is 2.36. The molecule has 5 rings (SSSR count). The molecule has 0 unspecified atom stereocenters. The molecule has 0 saturated carbocycles. The Balaban J connectivity index is 1.40. The number of halogens is 4. The molecule has 0 aliphatic heterocycles. The van der Waals surface area contributed by atoms with E-state index in [9.17, 15) is 13.2 Å². The second kappa shape index (κ2) is 8.05. The van der Waals surface area contributed by atoms with Gasteiger partial charge in [0.15, 0.2) is 5.69 Å². The van der Waals surface area contributed by atoms with Crippen LogP contribution in [0.3, 0.4) is 0 Å². The summed E-state index contributed by atoms with van der Waals surface area (Å²) in [5, 5.41) is 9.71. The van der Waals surface area contributed by atoms with Crippen LogP contribution >= 0.6 is 11.6 Å². The van der Waals surface area contributed by atoms with Crippen LogP contribution in [0.2, 0.25) is 5.02 Å². The molecule has 0 saturated heterocycles. The Morgan fingerprint density at radius 1 is 1.09 bits per heavy atom. The minimum absolute atomic E-state index is 0.265. The first-order chi connectivity index (χ1) is 15.4. The molecule has 32 heavy (non-hydrogen) atoms. The zero-order chi connectivity index (χ0) is 22.3. The number of alkyl halides is 3. The van der Waals surface area contributed by atoms with Gasteiger partial charge in [0.05, 0.1) is 12.0 Å². The summed E-state index contributed by atoms with van der Waals surface area (Å²) in [7, 11) is 0. The Kier molecular flexibility index (Phi) is 5.21. The lowest BCUT2D eigenvalue weighted by Gasteiger charge is -2.26. The third kappa shape index (κ3) is 4.00. The summed E-state index contributed by atoms with van der Waals surface area (Å²) >= 11 is 6.22. The van der Waals surface area contributed by atoms with Crippen LogP contribution in [0.4, 0.5) is 13.2 Å². The molecular weight excluding hydrogens is 441 g/mol. The molecule has 0 spiro atoms. The van der Waals surface area contributed by atoms with Crippen molar-refractivity contribution in [2.75, 3.05) is 0 Å². The van der Waals surface area contributed by atoms with E-state index < -0.39 is 11.9 Å². The number of H-pyrrole nitrogens is 1. The summed E-state index contributed by atoms with van der Waals surface area (Å²) in [5.41, 5.74) is 2.57. The molecule has 0 amide bonds. The number of fused-ring (bicyclic) bond motifs is 1. The number of aromatic nitrogens is 6. The first-order valence-electron chi connectivity index (χ1n) is 10.1. The number of rotatable bonds is 4. The molecule has 1 aromatic carbocycles. The van der Waals surface area contributed by atoms with Crippen molar-refractivity contribution in [1.29, 1.82) is 0 Å². The van der Waals surface area contributed by atoms with Crippen molar-refractivity contribution in [3.05, 3.63) is 70.9 Å². The topological polar surface area (TPSA) is 72.3 Å². The van der Waals surface area contributed by atoms with Crippen molar-refractivity contribution in [2.24, 2.45) is 0 Å². The molecule has 10 heteroatoms. The Hall–Kier alpha value is -3.20. The maximum atomic E-state index is 13.2. The Bertz CT molecular complexity index is 1260. The first kappa shape index (κ1) is 20.7. The molecule has 3 heterocycles. The number of pyridine rings is 1. The molecule has 1 aliphatic carbocycles. The number of aromatic amines is 1. The fourth-order valence-corrected chi connectivity index (χ4v) is 4.43. The van der Waals surface area contributed by atoms with E-state index in [-0.39, 0.29) is 11.3 Å². The van der Waals surface area contributed by atoms with E-state index in [4.69, 9.17) is 11.6 Å². The van der Waals surface area contributed by atoms with Crippen LogP contribution < -0.4 is 0 Å². The highest BCUT2D eigenvalue weighted by molar-refractivity contribution is 6.30. The van der Waals surface area contributed by atoms with Crippen molar-refractivity contribution < 1.29 is 13.2 Å². The summed E-state index contributed by atoms with van der Waals surface area (Å²) in [4.78, 5) is 8.71. The molecule has 0 fully saturated rings. The molecule has 1 N–H and O–H groups in total. The number of nitrogens with zero attached hydrogens (tertiary/aromatic N) is 5. The largest absolute Gasteiger partial charge is 0.437 e. The van der Waals surface area contributed by atoms with E-state index in [1.807, 2.05) is 22.9 Å². The molecule has 3 aromatic heterocycles. The lowest BCUT2D eigenvalue weighted by atomic mass is 9.83. The zero-order valence-corrected chi connectivity index (χ0v) is 17.5. The predicted octanol–water partition coefficient (Wildman–Crippen LogP) is 5.52. The molecule has 1 atom stereocenters. The maximum Gasteiger partial charge on any atom is 0.437 e. The normalized spacial score (nSPS) is 16.2. The third-order valence-electron chi connectivity index (χ3n) is 5.72. The van der Waals surface area contributed by atoms with E-state index in [2.05, 4.69) is 31.4 Å². The van der Waals surface area contributed by atoms with Crippen LogP contribution in [0, 0.1) is 0 Å². The predicted molar refractivity (Wildman–Crippen MR) is 113 cm³/mol.